The minimum atomic E-state index is -0.239. The molecule has 0 aliphatic heterocycles. The van der Waals surface area contributed by atoms with Crippen molar-refractivity contribution in [1.82, 2.24) is 15.4 Å². The summed E-state index contributed by atoms with van der Waals surface area (Å²) in [5, 5.41) is 13.5. The smallest absolute Gasteiger partial charge is 0.262 e. The number of rotatable bonds is 4. The summed E-state index contributed by atoms with van der Waals surface area (Å²) < 4.78 is 5.20. The molecule has 2 heterocycles. The van der Waals surface area contributed by atoms with Gasteiger partial charge in [-0.1, -0.05) is 25.9 Å². The Morgan fingerprint density at radius 1 is 1.53 bits per heavy atom. The Bertz CT molecular complexity index is 583. The van der Waals surface area contributed by atoms with E-state index in [0.29, 0.717) is 22.8 Å². The van der Waals surface area contributed by atoms with Crippen molar-refractivity contribution >= 4 is 11.7 Å². The third-order valence-corrected chi connectivity index (χ3v) is 2.89. The van der Waals surface area contributed by atoms with Crippen molar-refractivity contribution in [1.29, 1.82) is 0 Å². The van der Waals surface area contributed by atoms with Gasteiger partial charge in [-0.25, -0.2) is 0 Å². The molecule has 0 aromatic carbocycles. The topological polar surface area (TPSA) is 83.8 Å². The molecule has 0 radical (unpaired) electrons. The fourth-order valence-corrected chi connectivity index (χ4v) is 1.84. The second kappa shape index (κ2) is 5.26. The maximum absolute atomic E-state index is 12.3. The lowest BCUT2D eigenvalue weighted by molar-refractivity contribution is 0.102. The van der Waals surface area contributed by atoms with Crippen molar-refractivity contribution in [3.8, 4) is 0 Å². The van der Waals surface area contributed by atoms with Crippen LogP contribution in [0.5, 0.6) is 0 Å². The number of nitrogens with one attached hydrogen (secondary N) is 2. The molecule has 2 rings (SSSR count). The summed E-state index contributed by atoms with van der Waals surface area (Å²) in [6.07, 6.45) is 0.840. The summed E-state index contributed by atoms with van der Waals surface area (Å²) in [5.74, 6) is 0.974. The molecule has 0 atom stereocenters. The molecule has 6 nitrogen and oxygen atoms in total. The van der Waals surface area contributed by atoms with Crippen LogP contribution in [0.1, 0.15) is 54.2 Å². The van der Waals surface area contributed by atoms with Crippen LogP contribution in [0, 0.1) is 6.92 Å². The lowest BCUT2D eigenvalue weighted by Crippen LogP contribution is -2.15. The van der Waals surface area contributed by atoms with Crippen LogP contribution in [-0.2, 0) is 6.42 Å². The van der Waals surface area contributed by atoms with Crippen LogP contribution in [0.3, 0.4) is 0 Å². The molecule has 19 heavy (non-hydrogen) atoms. The molecular formula is C13H18N4O2. The number of hydrogen-bond donors (Lipinski definition) is 2. The largest absolute Gasteiger partial charge is 0.360 e. The third-order valence-electron chi connectivity index (χ3n) is 2.89. The van der Waals surface area contributed by atoms with Gasteiger partial charge in [0.15, 0.2) is 11.6 Å². The number of anilines is 1. The summed E-state index contributed by atoms with van der Waals surface area (Å²) in [6.45, 7) is 7.69. The summed E-state index contributed by atoms with van der Waals surface area (Å²) in [6, 6.07) is 1.82. The number of carbonyl (C=O) groups excluding carboxylic acids is 1. The Balaban J connectivity index is 2.22. The SMILES string of the molecule is CCc1cc(NC(=O)c2c(C)noc2C(C)C)n[nH]1. The number of aryl methyl sites for hydroxylation is 2. The first-order valence-corrected chi connectivity index (χ1v) is 6.34. The fourth-order valence-electron chi connectivity index (χ4n) is 1.84. The highest BCUT2D eigenvalue weighted by molar-refractivity contribution is 6.05. The molecule has 0 aliphatic rings. The monoisotopic (exact) mass is 262 g/mol. The van der Waals surface area contributed by atoms with Crippen molar-refractivity contribution in [2.45, 2.75) is 40.0 Å². The minimum absolute atomic E-state index is 0.104. The van der Waals surface area contributed by atoms with E-state index in [9.17, 15) is 4.79 Å². The van der Waals surface area contributed by atoms with E-state index in [2.05, 4.69) is 20.7 Å². The number of hydrogen-bond acceptors (Lipinski definition) is 4. The van der Waals surface area contributed by atoms with Gasteiger partial charge in [-0.3, -0.25) is 9.89 Å². The summed E-state index contributed by atoms with van der Waals surface area (Å²) >= 11 is 0. The van der Waals surface area contributed by atoms with Crippen LogP contribution < -0.4 is 5.32 Å². The van der Waals surface area contributed by atoms with Crippen LogP contribution in [0.4, 0.5) is 5.82 Å². The van der Waals surface area contributed by atoms with Crippen LogP contribution in [0.15, 0.2) is 10.6 Å². The highest BCUT2D eigenvalue weighted by Gasteiger charge is 2.23. The van der Waals surface area contributed by atoms with E-state index < -0.39 is 0 Å². The molecule has 0 fully saturated rings. The van der Waals surface area contributed by atoms with E-state index in [-0.39, 0.29) is 11.8 Å². The van der Waals surface area contributed by atoms with Gasteiger partial charge >= 0.3 is 0 Å². The number of carbonyl (C=O) groups is 1. The Hall–Kier alpha value is -2.11. The van der Waals surface area contributed by atoms with Crippen LogP contribution in [-0.4, -0.2) is 21.3 Å². The van der Waals surface area contributed by atoms with Crippen molar-refractivity contribution in [2.24, 2.45) is 0 Å². The second-order valence-corrected chi connectivity index (χ2v) is 4.75. The molecule has 102 valence electrons. The molecule has 0 spiro atoms. The van der Waals surface area contributed by atoms with E-state index in [1.54, 1.807) is 6.92 Å². The van der Waals surface area contributed by atoms with Crippen molar-refractivity contribution in [3.63, 3.8) is 0 Å². The predicted molar refractivity (Wildman–Crippen MR) is 71.2 cm³/mol. The van der Waals surface area contributed by atoms with Gasteiger partial charge in [-0.2, -0.15) is 5.10 Å². The molecular weight excluding hydrogens is 244 g/mol. The van der Waals surface area contributed by atoms with Crippen molar-refractivity contribution in [2.75, 3.05) is 5.32 Å². The quantitative estimate of drug-likeness (QED) is 0.887. The molecule has 0 saturated carbocycles. The zero-order chi connectivity index (χ0) is 14.0. The average molecular weight is 262 g/mol. The molecule has 2 aromatic heterocycles. The standard InChI is InChI=1S/C13H18N4O2/c1-5-9-6-10(16-15-9)14-13(18)11-8(4)17-19-12(11)7(2)3/h6-7H,5H2,1-4H3,(H2,14,15,16,18). The van der Waals surface area contributed by atoms with Gasteiger partial charge in [0.05, 0.1) is 5.69 Å². The van der Waals surface area contributed by atoms with E-state index in [1.165, 1.54) is 0 Å². The normalized spacial score (nSPS) is 11.0. The first kappa shape index (κ1) is 13.3. The summed E-state index contributed by atoms with van der Waals surface area (Å²) in [4.78, 5) is 12.3. The summed E-state index contributed by atoms with van der Waals surface area (Å²) in [5.41, 5.74) is 2.06. The Labute approximate surface area is 111 Å². The minimum Gasteiger partial charge on any atom is -0.360 e. The fraction of sp³-hybridized carbons (Fsp3) is 0.462. The Kier molecular flexibility index (Phi) is 3.69. The van der Waals surface area contributed by atoms with Gasteiger partial charge in [0.1, 0.15) is 5.56 Å². The molecule has 2 aromatic rings. The molecule has 0 unspecified atom stereocenters. The van der Waals surface area contributed by atoms with Crippen LogP contribution in [0.2, 0.25) is 0 Å². The summed E-state index contributed by atoms with van der Waals surface area (Å²) in [7, 11) is 0. The Morgan fingerprint density at radius 3 is 2.84 bits per heavy atom. The first-order valence-electron chi connectivity index (χ1n) is 6.34. The Morgan fingerprint density at radius 2 is 2.26 bits per heavy atom. The highest BCUT2D eigenvalue weighted by Crippen LogP contribution is 2.23. The van der Waals surface area contributed by atoms with E-state index >= 15 is 0 Å². The van der Waals surface area contributed by atoms with Crippen molar-refractivity contribution in [3.05, 3.63) is 28.8 Å². The lowest BCUT2D eigenvalue weighted by Gasteiger charge is -2.04. The van der Waals surface area contributed by atoms with Gasteiger partial charge in [0, 0.05) is 17.7 Å². The number of H-pyrrole nitrogens is 1. The predicted octanol–water partition coefficient (Wildman–Crippen LogP) is 2.64. The highest BCUT2D eigenvalue weighted by atomic mass is 16.5. The van der Waals surface area contributed by atoms with Gasteiger partial charge in [-0.05, 0) is 13.3 Å². The maximum atomic E-state index is 12.3. The van der Waals surface area contributed by atoms with E-state index in [4.69, 9.17) is 4.52 Å². The number of nitrogens with zero attached hydrogens (tertiary/aromatic N) is 2. The van der Waals surface area contributed by atoms with Gasteiger partial charge in [0.2, 0.25) is 0 Å². The van der Waals surface area contributed by atoms with E-state index in [0.717, 1.165) is 12.1 Å². The molecule has 0 bridgehead atoms. The van der Waals surface area contributed by atoms with Crippen LogP contribution in [0.25, 0.3) is 0 Å². The van der Waals surface area contributed by atoms with Gasteiger partial charge < -0.3 is 9.84 Å². The van der Waals surface area contributed by atoms with Gasteiger partial charge in [0.25, 0.3) is 5.91 Å². The first-order chi connectivity index (χ1) is 9.02. The van der Waals surface area contributed by atoms with Crippen molar-refractivity contribution < 1.29 is 9.32 Å². The molecule has 0 saturated heterocycles. The molecule has 6 heteroatoms. The number of aromatic nitrogens is 3. The maximum Gasteiger partial charge on any atom is 0.262 e. The molecule has 2 N–H and O–H groups in total. The lowest BCUT2D eigenvalue weighted by atomic mass is 10.0. The van der Waals surface area contributed by atoms with Crippen LogP contribution >= 0.6 is 0 Å². The molecule has 1 amide bonds. The number of aromatic amines is 1. The average Bonchev–Trinajstić information content (AvgIpc) is 2.95. The van der Waals surface area contributed by atoms with E-state index in [1.807, 2.05) is 26.8 Å². The van der Waals surface area contributed by atoms with Gasteiger partial charge in [-0.15, -0.1) is 0 Å². The zero-order valence-electron chi connectivity index (χ0n) is 11.6. The zero-order valence-corrected chi connectivity index (χ0v) is 11.6. The second-order valence-electron chi connectivity index (χ2n) is 4.75. The number of amides is 1. The third kappa shape index (κ3) is 2.67. The molecule has 0 aliphatic carbocycles.